The van der Waals surface area contributed by atoms with E-state index in [2.05, 4.69) is 17.5 Å². The van der Waals surface area contributed by atoms with Gasteiger partial charge in [-0.15, -0.1) is 0 Å². The van der Waals surface area contributed by atoms with E-state index in [1.165, 1.54) is 0 Å². The molecule has 2 N–H and O–H groups in total. The Balaban J connectivity index is 1.60. The highest BCUT2D eigenvalue weighted by Crippen LogP contribution is 2.29. The zero-order valence-corrected chi connectivity index (χ0v) is 14.5. The van der Waals surface area contributed by atoms with Gasteiger partial charge in [-0.25, -0.2) is 0 Å². The minimum atomic E-state index is 0.217. The summed E-state index contributed by atoms with van der Waals surface area (Å²) < 4.78 is 11.4. The van der Waals surface area contributed by atoms with Crippen LogP contribution in [0.3, 0.4) is 0 Å². The molecule has 1 aliphatic rings. The van der Waals surface area contributed by atoms with Gasteiger partial charge < -0.3 is 19.9 Å². The van der Waals surface area contributed by atoms with Crippen molar-refractivity contribution in [1.29, 1.82) is 0 Å². The number of hydrogen-bond acceptors (Lipinski definition) is 4. The Morgan fingerprint density at radius 1 is 1.04 bits per heavy atom. The van der Waals surface area contributed by atoms with Gasteiger partial charge in [0.25, 0.3) is 0 Å². The van der Waals surface area contributed by atoms with Crippen molar-refractivity contribution in [1.82, 2.24) is 5.32 Å². The number of nitrogens with one attached hydrogen (secondary N) is 1. The fourth-order valence-electron chi connectivity index (χ4n) is 2.99. The SMILES string of the molecule is COc1ccc(CN[C@@H]2C=C[C@H](CO)C2)cc1OCc1ccccc1. The zero-order chi connectivity index (χ0) is 17.5. The van der Waals surface area contributed by atoms with Crippen molar-refractivity contribution in [3.8, 4) is 11.5 Å². The molecule has 4 nitrogen and oxygen atoms in total. The van der Waals surface area contributed by atoms with E-state index < -0.39 is 0 Å². The van der Waals surface area contributed by atoms with E-state index in [4.69, 9.17) is 9.47 Å². The van der Waals surface area contributed by atoms with Crippen molar-refractivity contribution in [3.63, 3.8) is 0 Å². The molecule has 0 aliphatic heterocycles. The van der Waals surface area contributed by atoms with Crippen LogP contribution in [0, 0.1) is 5.92 Å². The second-order valence-corrected chi connectivity index (χ2v) is 6.31. The Bertz CT molecular complexity index is 700. The molecule has 3 rings (SSSR count). The van der Waals surface area contributed by atoms with Gasteiger partial charge in [0, 0.05) is 25.1 Å². The van der Waals surface area contributed by atoms with Gasteiger partial charge in [0.05, 0.1) is 7.11 Å². The smallest absolute Gasteiger partial charge is 0.161 e. The van der Waals surface area contributed by atoms with Crippen molar-refractivity contribution in [3.05, 3.63) is 71.8 Å². The molecular weight excluding hydrogens is 314 g/mol. The van der Waals surface area contributed by atoms with Gasteiger partial charge >= 0.3 is 0 Å². The van der Waals surface area contributed by atoms with Crippen molar-refractivity contribution in [2.24, 2.45) is 5.92 Å². The Morgan fingerprint density at radius 3 is 2.60 bits per heavy atom. The normalized spacial score (nSPS) is 19.1. The molecule has 4 heteroatoms. The predicted octanol–water partition coefficient (Wildman–Crippen LogP) is 3.30. The summed E-state index contributed by atoms with van der Waals surface area (Å²) in [6.45, 7) is 1.48. The van der Waals surface area contributed by atoms with E-state index in [9.17, 15) is 5.11 Å². The van der Waals surface area contributed by atoms with E-state index in [-0.39, 0.29) is 12.5 Å². The van der Waals surface area contributed by atoms with Crippen LogP contribution in [-0.2, 0) is 13.2 Å². The average Bonchev–Trinajstić information content (AvgIpc) is 3.14. The van der Waals surface area contributed by atoms with Crippen LogP contribution in [0.25, 0.3) is 0 Å². The van der Waals surface area contributed by atoms with E-state index >= 15 is 0 Å². The molecule has 0 unspecified atom stereocenters. The lowest BCUT2D eigenvalue weighted by atomic mass is 10.1. The summed E-state index contributed by atoms with van der Waals surface area (Å²) in [5.74, 6) is 1.76. The summed E-state index contributed by atoms with van der Waals surface area (Å²) in [6.07, 6.45) is 5.17. The van der Waals surface area contributed by atoms with E-state index in [1.54, 1.807) is 7.11 Å². The molecule has 2 aromatic rings. The molecule has 0 fully saturated rings. The van der Waals surface area contributed by atoms with Crippen molar-refractivity contribution >= 4 is 0 Å². The Kier molecular flexibility index (Phi) is 6.09. The zero-order valence-electron chi connectivity index (χ0n) is 14.5. The summed E-state index contributed by atoms with van der Waals surface area (Å²) >= 11 is 0. The molecular formula is C21H25NO3. The maximum atomic E-state index is 9.21. The summed E-state index contributed by atoms with van der Waals surface area (Å²) in [4.78, 5) is 0. The number of methoxy groups -OCH3 is 1. The molecule has 0 saturated heterocycles. The molecule has 0 radical (unpaired) electrons. The highest BCUT2D eigenvalue weighted by Gasteiger charge is 2.17. The quantitative estimate of drug-likeness (QED) is 0.725. The van der Waals surface area contributed by atoms with Gasteiger partial charge in [-0.05, 0) is 29.7 Å². The molecule has 2 aromatic carbocycles. The molecule has 0 saturated carbocycles. The van der Waals surface area contributed by atoms with Gasteiger partial charge in [0.15, 0.2) is 11.5 Å². The van der Waals surface area contributed by atoms with Crippen molar-refractivity contribution in [2.45, 2.75) is 25.6 Å². The van der Waals surface area contributed by atoms with E-state index in [1.807, 2.05) is 48.5 Å². The monoisotopic (exact) mass is 339 g/mol. The fourth-order valence-corrected chi connectivity index (χ4v) is 2.99. The number of benzene rings is 2. The summed E-state index contributed by atoms with van der Waals surface area (Å²) in [5, 5.41) is 12.7. The lowest BCUT2D eigenvalue weighted by Gasteiger charge is -2.15. The molecule has 132 valence electrons. The average molecular weight is 339 g/mol. The lowest BCUT2D eigenvalue weighted by molar-refractivity contribution is 0.246. The van der Waals surface area contributed by atoms with Crippen LogP contribution in [0.2, 0.25) is 0 Å². The Hall–Kier alpha value is -2.30. The van der Waals surface area contributed by atoms with Crippen LogP contribution in [0.4, 0.5) is 0 Å². The molecule has 0 aromatic heterocycles. The molecule has 0 amide bonds. The Morgan fingerprint density at radius 2 is 1.88 bits per heavy atom. The largest absolute Gasteiger partial charge is 0.493 e. The van der Waals surface area contributed by atoms with Crippen LogP contribution >= 0.6 is 0 Å². The topological polar surface area (TPSA) is 50.7 Å². The molecule has 0 bridgehead atoms. The van der Waals surface area contributed by atoms with Crippen LogP contribution in [0.5, 0.6) is 11.5 Å². The van der Waals surface area contributed by atoms with Crippen LogP contribution in [0.15, 0.2) is 60.7 Å². The molecule has 25 heavy (non-hydrogen) atoms. The minimum absolute atomic E-state index is 0.217. The molecule has 0 spiro atoms. The van der Waals surface area contributed by atoms with E-state index in [0.717, 1.165) is 35.6 Å². The van der Waals surface area contributed by atoms with Gasteiger partial charge in [0.1, 0.15) is 6.61 Å². The van der Waals surface area contributed by atoms with Crippen LogP contribution in [0.1, 0.15) is 17.5 Å². The lowest BCUT2D eigenvalue weighted by Crippen LogP contribution is -2.26. The number of hydrogen-bond donors (Lipinski definition) is 2. The summed E-state index contributed by atoms with van der Waals surface area (Å²) in [7, 11) is 1.65. The number of aliphatic hydroxyl groups excluding tert-OH is 1. The third kappa shape index (κ3) is 4.84. The highest BCUT2D eigenvalue weighted by atomic mass is 16.5. The predicted molar refractivity (Wildman–Crippen MR) is 98.7 cm³/mol. The molecule has 2 atom stereocenters. The van der Waals surface area contributed by atoms with E-state index in [0.29, 0.717) is 12.6 Å². The summed E-state index contributed by atoms with van der Waals surface area (Å²) in [5.41, 5.74) is 2.27. The van der Waals surface area contributed by atoms with Gasteiger partial charge in [-0.3, -0.25) is 0 Å². The number of aliphatic hydroxyl groups is 1. The third-order valence-corrected chi connectivity index (χ3v) is 4.44. The maximum Gasteiger partial charge on any atom is 0.161 e. The highest BCUT2D eigenvalue weighted by molar-refractivity contribution is 5.43. The molecule has 1 aliphatic carbocycles. The fraction of sp³-hybridized carbons (Fsp3) is 0.333. The van der Waals surface area contributed by atoms with Crippen LogP contribution in [-0.4, -0.2) is 24.9 Å². The first-order valence-corrected chi connectivity index (χ1v) is 8.64. The number of rotatable bonds is 8. The van der Waals surface area contributed by atoms with Gasteiger partial charge in [0.2, 0.25) is 0 Å². The number of ether oxygens (including phenoxy) is 2. The summed E-state index contributed by atoms with van der Waals surface area (Å²) in [6, 6.07) is 16.4. The second-order valence-electron chi connectivity index (χ2n) is 6.31. The Labute approximate surface area is 149 Å². The maximum absolute atomic E-state index is 9.21. The van der Waals surface area contributed by atoms with Crippen molar-refractivity contribution in [2.75, 3.05) is 13.7 Å². The van der Waals surface area contributed by atoms with Gasteiger partial charge in [-0.1, -0.05) is 48.6 Å². The standard InChI is InChI=1S/C21H25NO3/c1-24-20-10-8-17(13-22-19-9-7-18(11-19)14-23)12-21(20)25-15-16-5-3-2-4-6-16/h2-10,12,18-19,22-23H,11,13-15H2,1H3/t18-,19+/m0/s1. The van der Waals surface area contributed by atoms with Gasteiger partial charge in [-0.2, -0.15) is 0 Å². The second kappa shape index (κ2) is 8.70. The minimum Gasteiger partial charge on any atom is -0.493 e. The van der Waals surface area contributed by atoms with Crippen LogP contribution < -0.4 is 14.8 Å². The first-order valence-electron chi connectivity index (χ1n) is 8.64. The first kappa shape index (κ1) is 17.5. The van der Waals surface area contributed by atoms with Crippen molar-refractivity contribution < 1.29 is 14.6 Å². The first-order chi connectivity index (χ1) is 12.3. The third-order valence-electron chi connectivity index (χ3n) is 4.44. The molecule has 0 heterocycles.